The monoisotopic (exact) mass is 317 g/mol. The van der Waals surface area contributed by atoms with Crippen LogP contribution >= 0.6 is 15.9 Å². The first kappa shape index (κ1) is 12.0. The number of benzene rings is 2. The van der Waals surface area contributed by atoms with E-state index < -0.39 is 0 Å². The molecule has 0 aliphatic heterocycles. The van der Waals surface area contributed by atoms with Crippen LogP contribution in [0.3, 0.4) is 0 Å². The highest BCUT2D eigenvalue weighted by atomic mass is 79.9. The first-order chi connectivity index (χ1) is 9.18. The predicted molar refractivity (Wildman–Crippen MR) is 77.0 cm³/mol. The van der Waals surface area contributed by atoms with Crippen LogP contribution < -0.4 is 5.73 Å². The number of nitrogens with zero attached hydrogens (tertiary/aromatic N) is 2. The van der Waals surface area contributed by atoms with Gasteiger partial charge < -0.3 is 5.73 Å². The van der Waals surface area contributed by atoms with E-state index in [1.54, 1.807) is 18.2 Å². The molecule has 0 saturated heterocycles. The zero-order chi connectivity index (χ0) is 13.4. The van der Waals surface area contributed by atoms with Crippen LogP contribution in [0.4, 0.5) is 10.2 Å². The van der Waals surface area contributed by atoms with Crippen molar-refractivity contribution in [1.82, 2.24) is 10.2 Å². The van der Waals surface area contributed by atoms with Crippen LogP contribution in [0.15, 0.2) is 46.9 Å². The van der Waals surface area contributed by atoms with Gasteiger partial charge in [0.25, 0.3) is 0 Å². The Morgan fingerprint density at radius 1 is 0.947 bits per heavy atom. The molecule has 0 atom stereocenters. The van der Waals surface area contributed by atoms with Crippen LogP contribution in [0.1, 0.15) is 0 Å². The molecule has 3 aromatic rings. The van der Waals surface area contributed by atoms with E-state index in [1.807, 2.05) is 24.3 Å². The summed E-state index contributed by atoms with van der Waals surface area (Å²) in [5.41, 5.74) is 6.68. The van der Waals surface area contributed by atoms with E-state index in [2.05, 4.69) is 26.1 Å². The molecule has 94 valence electrons. The van der Waals surface area contributed by atoms with Crippen molar-refractivity contribution in [2.24, 2.45) is 0 Å². The van der Waals surface area contributed by atoms with Crippen molar-refractivity contribution in [3.63, 3.8) is 0 Å². The number of hydrogen-bond donors (Lipinski definition) is 1. The van der Waals surface area contributed by atoms with E-state index in [1.165, 1.54) is 0 Å². The van der Waals surface area contributed by atoms with Crippen LogP contribution in [-0.2, 0) is 0 Å². The van der Waals surface area contributed by atoms with Gasteiger partial charge in [-0.1, -0.05) is 30.3 Å². The lowest BCUT2D eigenvalue weighted by molar-refractivity contribution is 0.624. The normalized spacial score (nSPS) is 10.8. The van der Waals surface area contributed by atoms with Gasteiger partial charge in [-0.05, 0) is 28.1 Å². The fourth-order valence-electron chi connectivity index (χ4n) is 2.01. The lowest BCUT2D eigenvalue weighted by Gasteiger charge is -2.08. The fraction of sp³-hybridized carbons (Fsp3) is 0. The molecule has 0 bridgehead atoms. The van der Waals surface area contributed by atoms with Gasteiger partial charge in [-0.25, -0.2) is 4.39 Å². The maximum atomic E-state index is 14.2. The lowest BCUT2D eigenvalue weighted by atomic mass is 10.0. The zero-order valence-corrected chi connectivity index (χ0v) is 11.4. The third kappa shape index (κ3) is 1.96. The molecule has 19 heavy (non-hydrogen) atoms. The maximum absolute atomic E-state index is 14.2. The van der Waals surface area contributed by atoms with E-state index in [9.17, 15) is 4.39 Å². The number of hydrogen-bond acceptors (Lipinski definition) is 3. The van der Waals surface area contributed by atoms with E-state index in [-0.39, 0.29) is 5.82 Å². The molecule has 2 N–H and O–H groups in total. The maximum Gasteiger partial charge on any atom is 0.154 e. The number of aromatic nitrogens is 2. The molecule has 0 amide bonds. The average Bonchev–Trinajstić information content (AvgIpc) is 2.43. The van der Waals surface area contributed by atoms with Gasteiger partial charge in [0.2, 0.25) is 0 Å². The van der Waals surface area contributed by atoms with Crippen molar-refractivity contribution in [3.05, 3.63) is 52.8 Å². The highest BCUT2D eigenvalue weighted by molar-refractivity contribution is 9.10. The number of fused-ring (bicyclic) bond motifs is 1. The smallest absolute Gasteiger partial charge is 0.154 e. The lowest BCUT2D eigenvalue weighted by Crippen LogP contribution is -1.98. The summed E-state index contributed by atoms with van der Waals surface area (Å²) in [7, 11) is 0. The van der Waals surface area contributed by atoms with Crippen molar-refractivity contribution in [2.45, 2.75) is 0 Å². The molecular weight excluding hydrogens is 309 g/mol. The van der Waals surface area contributed by atoms with Crippen LogP contribution in [0.25, 0.3) is 22.0 Å². The van der Waals surface area contributed by atoms with E-state index in [0.717, 1.165) is 10.8 Å². The van der Waals surface area contributed by atoms with Crippen molar-refractivity contribution in [1.29, 1.82) is 0 Å². The molecule has 0 aliphatic rings. The summed E-state index contributed by atoms with van der Waals surface area (Å²) in [6.45, 7) is 0. The molecule has 3 nitrogen and oxygen atoms in total. The zero-order valence-electron chi connectivity index (χ0n) is 9.77. The largest absolute Gasteiger partial charge is 0.382 e. The first-order valence-corrected chi connectivity index (χ1v) is 6.43. The van der Waals surface area contributed by atoms with Gasteiger partial charge in [0.05, 0.1) is 4.47 Å². The molecule has 0 unspecified atom stereocenters. The van der Waals surface area contributed by atoms with Crippen molar-refractivity contribution >= 4 is 32.5 Å². The second kappa shape index (κ2) is 4.59. The molecule has 1 heterocycles. The van der Waals surface area contributed by atoms with Crippen LogP contribution in [-0.4, -0.2) is 10.2 Å². The SMILES string of the molecule is Nc1nnc(-c2cccc(Br)c2F)c2ccccc12. The third-order valence-electron chi connectivity index (χ3n) is 2.92. The molecule has 0 fully saturated rings. The predicted octanol–water partition coefficient (Wildman–Crippen LogP) is 3.78. The number of halogens is 2. The quantitative estimate of drug-likeness (QED) is 0.743. The van der Waals surface area contributed by atoms with Gasteiger partial charge in [-0.3, -0.25) is 0 Å². The van der Waals surface area contributed by atoms with Gasteiger partial charge in [-0.15, -0.1) is 10.2 Å². The molecule has 0 aliphatic carbocycles. The molecular formula is C14H9BrFN3. The number of nitrogens with two attached hydrogens (primary N) is 1. The standard InChI is InChI=1S/C14H9BrFN3/c15-11-7-3-6-10(12(11)16)13-8-4-1-2-5-9(8)14(17)19-18-13/h1-7H,(H2,17,19). The molecule has 1 aromatic heterocycles. The Balaban J connectivity index is 2.38. The van der Waals surface area contributed by atoms with Crippen molar-refractivity contribution in [3.8, 4) is 11.3 Å². The van der Waals surface area contributed by atoms with Gasteiger partial charge in [0.15, 0.2) is 5.82 Å². The highest BCUT2D eigenvalue weighted by Gasteiger charge is 2.14. The summed E-state index contributed by atoms with van der Waals surface area (Å²) in [5, 5.41) is 9.50. The minimum absolute atomic E-state index is 0.342. The summed E-state index contributed by atoms with van der Waals surface area (Å²) < 4.78 is 14.6. The number of nitrogen functional groups attached to an aromatic ring is 1. The minimum atomic E-state index is -0.355. The molecule has 2 aromatic carbocycles. The van der Waals surface area contributed by atoms with Crippen molar-refractivity contribution in [2.75, 3.05) is 5.73 Å². The molecule has 0 spiro atoms. The Labute approximate surface area is 117 Å². The Morgan fingerprint density at radius 3 is 2.47 bits per heavy atom. The van der Waals surface area contributed by atoms with Gasteiger partial charge in [0.1, 0.15) is 11.5 Å². The fourth-order valence-corrected chi connectivity index (χ4v) is 2.38. The summed E-state index contributed by atoms with van der Waals surface area (Å²) in [6.07, 6.45) is 0. The van der Waals surface area contributed by atoms with E-state index >= 15 is 0 Å². The first-order valence-electron chi connectivity index (χ1n) is 5.64. The molecule has 0 radical (unpaired) electrons. The van der Waals surface area contributed by atoms with Crippen LogP contribution in [0, 0.1) is 5.82 Å². The van der Waals surface area contributed by atoms with E-state index in [0.29, 0.717) is 21.5 Å². The highest BCUT2D eigenvalue weighted by Crippen LogP contribution is 2.32. The second-order valence-electron chi connectivity index (χ2n) is 4.08. The van der Waals surface area contributed by atoms with Gasteiger partial charge in [-0.2, -0.15) is 0 Å². The Kier molecular flexibility index (Phi) is 2.91. The van der Waals surface area contributed by atoms with Crippen LogP contribution in [0.5, 0.6) is 0 Å². The van der Waals surface area contributed by atoms with E-state index in [4.69, 9.17) is 5.73 Å². The molecule has 5 heteroatoms. The second-order valence-corrected chi connectivity index (χ2v) is 4.94. The minimum Gasteiger partial charge on any atom is -0.382 e. The number of rotatable bonds is 1. The Hall–Kier alpha value is -2.01. The third-order valence-corrected chi connectivity index (χ3v) is 3.54. The van der Waals surface area contributed by atoms with Crippen molar-refractivity contribution < 1.29 is 4.39 Å². The summed E-state index contributed by atoms with van der Waals surface area (Å²) >= 11 is 3.17. The Morgan fingerprint density at radius 2 is 1.68 bits per heavy atom. The average molecular weight is 318 g/mol. The summed E-state index contributed by atoms with van der Waals surface area (Å²) in [6, 6.07) is 12.5. The summed E-state index contributed by atoms with van der Waals surface area (Å²) in [5.74, 6) is -0.0125. The van der Waals surface area contributed by atoms with Gasteiger partial charge in [0, 0.05) is 16.3 Å². The van der Waals surface area contributed by atoms with Crippen LogP contribution in [0.2, 0.25) is 0 Å². The molecule has 0 saturated carbocycles. The van der Waals surface area contributed by atoms with Gasteiger partial charge >= 0.3 is 0 Å². The number of anilines is 1. The topological polar surface area (TPSA) is 51.8 Å². The Bertz CT molecular complexity index is 774. The molecule has 3 rings (SSSR count). The summed E-state index contributed by atoms with van der Waals surface area (Å²) in [4.78, 5) is 0.